The second-order valence-corrected chi connectivity index (χ2v) is 10.2. The molecular weight excluding hydrogens is 396 g/mol. The highest BCUT2D eigenvalue weighted by molar-refractivity contribution is 6.13. The number of unbranched alkanes of at least 4 members (excludes halogenated alkanes) is 2. The molecular formula is C33H36. The van der Waals surface area contributed by atoms with E-state index in [1.165, 1.54) is 75.2 Å². The first-order valence-electron chi connectivity index (χ1n) is 12.9. The minimum absolute atomic E-state index is 0.748. The van der Waals surface area contributed by atoms with E-state index < -0.39 is 0 Å². The summed E-state index contributed by atoms with van der Waals surface area (Å²) >= 11 is 0. The minimum Gasteiger partial charge on any atom is -0.0654 e. The summed E-state index contributed by atoms with van der Waals surface area (Å²) < 4.78 is 0. The molecule has 0 N–H and O–H groups in total. The predicted molar refractivity (Wildman–Crippen MR) is 147 cm³/mol. The van der Waals surface area contributed by atoms with Gasteiger partial charge < -0.3 is 0 Å². The fraction of sp³-hybridized carbons (Fsp3) is 0.333. The molecule has 0 spiro atoms. The van der Waals surface area contributed by atoms with Gasteiger partial charge in [-0.15, -0.1) is 0 Å². The van der Waals surface area contributed by atoms with Crippen LogP contribution in [0.3, 0.4) is 0 Å². The second kappa shape index (κ2) is 9.56. The van der Waals surface area contributed by atoms with Gasteiger partial charge in [0.1, 0.15) is 0 Å². The van der Waals surface area contributed by atoms with E-state index in [2.05, 4.69) is 93.6 Å². The highest BCUT2D eigenvalue weighted by Crippen LogP contribution is 2.39. The normalized spacial score (nSPS) is 12.0. The Kier molecular flexibility index (Phi) is 6.36. The van der Waals surface area contributed by atoms with Crippen LogP contribution in [0.1, 0.15) is 64.0 Å². The minimum atomic E-state index is 0.748. The Morgan fingerprint density at radius 2 is 0.939 bits per heavy atom. The molecule has 0 heterocycles. The van der Waals surface area contributed by atoms with E-state index in [0.29, 0.717) is 0 Å². The van der Waals surface area contributed by atoms with E-state index in [-0.39, 0.29) is 0 Å². The van der Waals surface area contributed by atoms with E-state index in [1.807, 2.05) is 0 Å². The zero-order valence-corrected chi connectivity index (χ0v) is 20.5. The van der Waals surface area contributed by atoms with Crippen molar-refractivity contribution < 1.29 is 0 Å². The van der Waals surface area contributed by atoms with Gasteiger partial charge in [0.25, 0.3) is 0 Å². The van der Waals surface area contributed by atoms with Gasteiger partial charge in [-0.3, -0.25) is 0 Å². The fourth-order valence-electron chi connectivity index (χ4n) is 5.55. The van der Waals surface area contributed by atoms with Crippen molar-refractivity contribution in [1.29, 1.82) is 0 Å². The average Bonchev–Trinajstić information content (AvgIpc) is 2.83. The molecule has 0 aromatic heterocycles. The zero-order chi connectivity index (χ0) is 22.8. The van der Waals surface area contributed by atoms with Gasteiger partial charge in [0.15, 0.2) is 0 Å². The molecule has 0 atom stereocenters. The molecule has 0 aliphatic heterocycles. The molecule has 0 unspecified atom stereocenters. The molecule has 5 rings (SSSR count). The molecule has 0 radical (unpaired) electrons. The molecule has 0 nitrogen and oxygen atoms in total. The zero-order valence-electron chi connectivity index (χ0n) is 20.5. The van der Waals surface area contributed by atoms with Crippen LogP contribution < -0.4 is 0 Å². The van der Waals surface area contributed by atoms with Crippen LogP contribution in [0.2, 0.25) is 0 Å². The molecule has 33 heavy (non-hydrogen) atoms. The van der Waals surface area contributed by atoms with Crippen molar-refractivity contribution >= 4 is 43.1 Å². The topological polar surface area (TPSA) is 0 Å². The lowest BCUT2D eigenvalue weighted by Crippen LogP contribution is -1.99. The van der Waals surface area contributed by atoms with Crippen molar-refractivity contribution in [3.63, 3.8) is 0 Å². The van der Waals surface area contributed by atoms with Gasteiger partial charge in [-0.05, 0) is 110 Å². The highest BCUT2D eigenvalue weighted by atomic mass is 14.2. The Hall–Kier alpha value is -2.86. The van der Waals surface area contributed by atoms with E-state index >= 15 is 0 Å². The van der Waals surface area contributed by atoms with Gasteiger partial charge in [-0.1, -0.05) is 88.6 Å². The van der Waals surface area contributed by atoms with Crippen molar-refractivity contribution in [2.24, 2.45) is 5.92 Å². The van der Waals surface area contributed by atoms with Crippen LogP contribution in [0.5, 0.6) is 0 Å². The summed E-state index contributed by atoms with van der Waals surface area (Å²) in [7, 11) is 0. The summed E-state index contributed by atoms with van der Waals surface area (Å²) in [6, 6.07) is 27.7. The summed E-state index contributed by atoms with van der Waals surface area (Å²) in [5.74, 6) is 0.748. The van der Waals surface area contributed by atoms with Crippen LogP contribution >= 0.6 is 0 Å². The Balaban J connectivity index is 1.85. The molecule has 0 heteroatoms. The van der Waals surface area contributed by atoms with Gasteiger partial charge in [-0.25, -0.2) is 0 Å². The second-order valence-electron chi connectivity index (χ2n) is 10.2. The van der Waals surface area contributed by atoms with E-state index in [9.17, 15) is 0 Å². The number of fused-ring (bicyclic) bond motifs is 4. The summed E-state index contributed by atoms with van der Waals surface area (Å²) in [6.45, 7) is 6.98. The SMILES string of the molecule is CCCCCc1c2cc3ccccc3cc2c(CCCC(C)C)c2cc3ccccc3cc12. The Morgan fingerprint density at radius 3 is 1.30 bits per heavy atom. The predicted octanol–water partition coefficient (Wildman–Crippen LogP) is 10.0. The third-order valence-corrected chi connectivity index (χ3v) is 7.31. The quantitative estimate of drug-likeness (QED) is 0.169. The van der Waals surface area contributed by atoms with Crippen molar-refractivity contribution in [2.75, 3.05) is 0 Å². The maximum Gasteiger partial charge on any atom is -0.0136 e. The third-order valence-electron chi connectivity index (χ3n) is 7.31. The van der Waals surface area contributed by atoms with Crippen molar-refractivity contribution in [3.8, 4) is 0 Å². The Labute approximate surface area is 198 Å². The van der Waals surface area contributed by atoms with E-state index in [1.54, 1.807) is 11.1 Å². The van der Waals surface area contributed by atoms with Crippen molar-refractivity contribution in [3.05, 3.63) is 83.9 Å². The van der Waals surface area contributed by atoms with Gasteiger partial charge in [0, 0.05) is 0 Å². The first-order valence-corrected chi connectivity index (χ1v) is 12.9. The van der Waals surface area contributed by atoms with Crippen LogP contribution in [0.4, 0.5) is 0 Å². The summed E-state index contributed by atoms with van der Waals surface area (Å²) in [4.78, 5) is 0. The van der Waals surface area contributed by atoms with Gasteiger partial charge >= 0.3 is 0 Å². The summed E-state index contributed by atoms with van der Waals surface area (Å²) in [6.07, 6.45) is 8.64. The summed E-state index contributed by atoms with van der Waals surface area (Å²) in [5, 5.41) is 11.3. The fourth-order valence-corrected chi connectivity index (χ4v) is 5.55. The molecule has 0 bridgehead atoms. The van der Waals surface area contributed by atoms with Crippen LogP contribution in [0.15, 0.2) is 72.8 Å². The molecule has 168 valence electrons. The van der Waals surface area contributed by atoms with E-state index in [0.717, 1.165) is 18.8 Å². The lowest BCUT2D eigenvalue weighted by molar-refractivity contribution is 0.557. The third kappa shape index (κ3) is 4.36. The number of rotatable bonds is 8. The number of hydrogen-bond acceptors (Lipinski definition) is 0. The lowest BCUT2D eigenvalue weighted by Gasteiger charge is -2.19. The first kappa shape index (κ1) is 22.0. The number of aryl methyl sites for hydroxylation is 2. The first-order chi connectivity index (χ1) is 16.2. The standard InChI is InChI=1S/C33H36/c1-4-5-6-17-28-30-19-24-13-7-9-15-26(24)21-32(30)29(18-11-12-23(2)3)33-22-27-16-10-8-14-25(27)20-31(28)33/h7-10,13-16,19-23H,4-6,11-12,17-18H2,1-3H3. The summed E-state index contributed by atoms with van der Waals surface area (Å²) in [5.41, 5.74) is 3.11. The van der Waals surface area contributed by atoms with Crippen LogP contribution in [-0.4, -0.2) is 0 Å². The van der Waals surface area contributed by atoms with Crippen molar-refractivity contribution in [1.82, 2.24) is 0 Å². The molecule has 5 aromatic rings. The molecule has 0 aliphatic carbocycles. The molecule has 0 fully saturated rings. The van der Waals surface area contributed by atoms with Gasteiger partial charge in [0.2, 0.25) is 0 Å². The van der Waals surface area contributed by atoms with Gasteiger partial charge in [-0.2, -0.15) is 0 Å². The Bertz CT molecular complexity index is 1320. The highest BCUT2D eigenvalue weighted by Gasteiger charge is 2.16. The monoisotopic (exact) mass is 432 g/mol. The van der Waals surface area contributed by atoms with E-state index in [4.69, 9.17) is 0 Å². The number of benzene rings is 5. The van der Waals surface area contributed by atoms with Crippen LogP contribution in [0, 0.1) is 5.92 Å². The Morgan fingerprint density at radius 1 is 0.545 bits per heavy atom. The maximum absolute atomic E-state index is 2.48. The number of hydrogen-bond donors (Lipinski definition) is 0. The molecule has 0 amide bonds. The molecule has 0 aliphatic rings. The van der Waals surface area contributed by atoms with Crippen LogP contribution in [-0.2, 0) is 12.8 Å². The smallest absolute Gasteiger partial charge is 0.0136 e. The lowest BCUT2D eigenvalue weighted by atomic mass is 9.85. The molecule has 5 aromatic carbocycles. The largest absolute Gasteiger partial charge is 0.0654 e. The maximum atomic E-state index is 2.48. The molecule has 0 saturated carbocycles. The van der Waals surface area contributed by atoms with Crippen molar-refractivity contribution in [2.45, 2.75) is 65.7 Å². The average molecular weight is 433 g/mol. The van der Waals surface area contributed by atoms with Gasteiger partial charge in [0.05, 0.1) is 0 Å². The molecule has 0 saturated heterocycles. The van der Waals surface area contributed by atoms with Crippen LogP contribution in [0.25, 0.3) is 43.1 Å².